The van der Waals surface area contributed by atoms with Crippen molar-refractivity contribution in [3.8, 4) is 0 Å². The summed E-state index contributed by atoms with van der Waals surface area (Å²) in [6.07, 6.45) is 0. The van der Waals surface area contributed by atoms with Crippen molar-refractivity contribution in [2.75, 3.05) is 12.4 Å². The van der Waals surface area contributed by atoms with Gasteiger partial charge in [-0.25, -0.2) is 13.9 Å². The normalized spacial score (nSPS) is 20.2. The molecule has 1 heterocycles. The van der Waals surface area contributed by atoms with Gasteiger partial charge in [0.05, 0.1) is 15.7 Å². The van der Waals surface area contributed by atoms with Gasteiger partial charge in [-0.15, -0.1) is 0 Å². The van der Waals surface area contributed by atoms with Crippen LogP contribution in [0.4, 0.5) is 15.3 Å². The first kappa shape index (κ1) is 16.7. The summed E-state index contributed by atoms with van der Waals surface area (Å²) in [6.45, 7) is 0. The number of carbonyl (C=O) groups is 3. The number of primary amides is 1. The molecule has 11 heteroatoms. The number of anilines is 1. The highest BCUT2D eigenvalue weighted by molar-refractivity contribution is 7.79. The van der Waals surface area contributed by atoms with Gasteiger partial charge in [-0.3, -0.25) is 9.69 Å². The molecule has 0 saturated heterocycles. The molecule has 0 radical (unpaired) electrons. The van der Waals surface area contributed by atoms with E-state index in [9.17, 15) is 19.5 Å². The van der Waals surface area contributed by atoms with Gasteiger partial charge in [0, 0.05) is 12.6 Å². The van der Waals surface area contributed by atoms with Crippen molar-refractivity contribution in [3.05, 3.63) is 27.7 Å². The molecule has 0 spiro atoms. The van der Waals surface area contributed by atoms with Crippen LogP contribution >= 0.6 is 36.0 Å². The first-order valence-corrected chi connectivity index (χ1v) is 6.85. The minimum Gasteiger partial charge on any atom is -0.359 e. The van der Waals surface area contributed by atoms with Gasteiger partial charge < -0.3 is 16.2 Å². The number of thiol groups is 1. The molecular weight excluding hydrogens is 355 g/mol. The monoisotopic (exact) mass is 364 g/mol. The Balaban J connectivity index is 2.69. The number of likely N-dealkylation sites (N-methyl/N-ethyl adjacent to an activating group) is 1. The SMILES string of the molecule is CN1C(=O)Nc2cc(Cl)c(Cl)cc2C1(O)C(=O)N(S)C(N)=O. The van der Waals surface area contributed by atoms with Crippen LogP contribution in [0.25, 0.3) is 0 Å². The van der Waals surface area contributed by atoms with Crippen molar-refractivity contribution in [1.82, 2.24) is 9.21 Å². The fourth-order valence-corrected chi connectivity index (χ4v) is 2.44. The van der Waals surface area contributed by atoms with Crippen molar-refractivity contribution in [2.45, 2.75) is 5.72 Å². The number of amides is 5. The first-order valence-electron chi connectivity index (χ1n) is 5.70. The summed E-state index contributed by atoms with van der Waals surface area (Å²) in [5.41, 5.74) is 2.44. The number of carbonyl (C=O) groups excluding carboxylic acids is 3. The number of nitrogens with two attached hydrogens (primary N) is 1. The molecule has 5 amide bonds. The summed E-state index contributed by atoms with van der Waals surface area (Å²) in [7, 11) is 1.15. The summed E-state index contributed by atoms with van der Waals surface area (Å²) in [5.74, 6) is -1.24. The van der Waals surface area contributed by atoms with Gasteiger partial charge in [0.15, 0.2) is 0 Å². The van der Waals surface area contributed by atoms with Crippen LogP contribution in [0.2, 0.25) is 10.0 Å². The maximum absolute atomic E-state index is 12.4. The summed E-state index contributed by atoms with van der Waals surface area (Å²) >= 11 is 15.4. The zero-order valence-corrected chi connectivity index (χ0v) is 13.4. The first-order chi connectivity index (χ1) is 10.1. The highest BCUT2D eigenvalue weighted by Crippen LogP contribution is 2.41. The Morgan fingerprint density at radius 1 is 1.41 bits per heavy atom. The third kappa shape index (κ3) is 2.35. The van der Waals surface area contributed by atoms with E-state index in [-0.39, 0.29) is 25.6 Å². The largest absolute Gasteiger partial charge is 0.359 e. The number of nitrogens with one attached hydrogen (secondary N) is 1. The fraction of sp³-hybridized carbons (Fsp3) is 0.182. The van der Waals surface area contributed by atoms with Crippen LogP contribution in [-0.4, -0.2) is 39.3 Å². The van der Waals surface area contributed by atoms with E-state index in [4.69, 9.17) is 28.9 Å². The number of rotatable bonds is 1. The van der Waals surface area contributed by atoms with E-state index in [0.29, 0.717) is 4.90 Å². The molecule has 118 valence electrons. The number of hydrogen-bond donors (Lipinski definition) is 4. The molecule has 4 N–H and O–H groups in total. The van der Waals surface area contributed by atoms with E-state index < -0.39 is 23.7 Å². The third-order valence-electron chi connectivity index (χ3n) is 3.17. The highest BCUT2D eigenvalue weighted by atomic mass is 35.5. The van der Waals surface area contributed by atoms with Crippen LogP contribution in [0.3, 0.4) is 0 Å². The summed E-state index contributed by atoms with van der Waals surface area (Å²) in [6, 6.07) is 0.459. The second-order valence-electron chi connectivity index (χ2n) is 4.43. The van der Waals surface area contributed by atoms with Crippen LogP contribution in [0.5, 0.6) is 0 Å². The number of urea groups is 2. The van der Waals surface area contributed by atoms with Crippen LogP contribution in [-0.2, 0) is 10.5 Å². The molecule has 1 aliphatic heterocycles. The van der Waals surface area contributed by atoms with Gasteiger partial charge >= 0.3 is 12.1 Å². The molecule has 22 heavy (non-hydrogen) atoms. The number of aliphatic hydroxyl groups is 1. The van der Waals surface area contributed by atoms with Crippen molar-refractivity contribution in [1.29, 1.82) is 0 Å². The Morgan fingerprint density at radius 2 is 1.95 bits per heavy atom. The van der Waals surface area contributed by atoms with Crippen LogP contribution < -0.4 is 11.1 Å². The highest BCUT2D eigenvalue weighted by Gasteiger charge is 2.52. The van der Waals surface area contributed by atoms with Gasteiger partial charge in [-0.2, -0.15) is 0 Å². The minimum absolute atomic E-state index is 0.0426. The molecule has 0 bridgehead atoms. The lowest BCUT2D eigenvalue weighted by Gasteiger charge is -2.41. The number of fused-ring (bicyclic) bond motifs is 1. The van der Waals surface area contributed by atoms with Gasteiger partial charge in [-0.1, -0.05) is 36.0 Å². The quantitative estimate of drug-likeness (QED) is 0.563. The maximum atomic E-state index is 12.4. The van der Waals surface area contributed by atoms with Gasteiger partial charge in [0.2, 0.25) is 0 Å². The topological polar surface area (TPSA) is 116 Å². The van der Waals surface area contributed by atoms with Crippen LogP contribution in [0.15, 0.2) is 12.1 Å². The molecule has 0 fully saturated rings. The third-order valence-corrected chi connectivity index (χ3v) is 4.27. The van der Waals surface area contributed by atoms with Crippen molar-refractivity contribution < 1.29 is 19.5 Å². The number of imide groups is 1. The number of benzene rings is 1. The molecule has 1 atom stereocenters. The Kier molecular flexibility index (Phi) is 4.18. The summed E-state index contributed by atoms with van der Waals surface area (Å²) < 4.78 is 0.196. The Labute approximate surface area is 140 Å². The van der Waals surface area contributed by atoms with Gasteiger partial charge in [0.1, 0.15) is 0 Å². The zero-order chi connectivity index (χ0) is 16.8. The predicted octanol–water partition coefficient (Wildman–Crippen LogP) is 1.37. The molecule has 0 saturated carbocycles. The minimum atomic E-state index is -2.53. The molecule has 1 aliphatic rings. The Morgan fingerprint density at radius 3 is 2.50 bits per heavy atom. The average molecular weight is 365 g/mol. The van der Waals surface area contributed by atoms with E-state index in [0.717, 1.165) is 7.05 Å². The average Bonchev–Trinajstić information content (AvgIpc) is 2.45. The smallest absolute Gasteiger partial charge is 0.331 e. The van der Waals surface area contributed by atoms with Crippen LogP contribution in [0.1, 0.15) is 5.56 Å². The van der Waals surface area contributed by atoms with E-state index >= 15 is 0 Å². The number of nitrogens with zero attached hydrogens (tertiary/aromatic N) is 2. The van der Waals surface area contributed by atoms with E-state index in [1.54, 1.807) is 0 Å². The molecule has 0 aliphatic carbocycles. The second kappa shape index (κ2) is 5.51. The maximum Gasteiger partial charge on any atom is 0.331 e. The standard InChI is InChI=1S/C11H10Cl2N4O4S/c1-16-10(20)15-7-3-6(13)5(12)2-4(7)11(16,21)8(18)17(22)9(14)19/h2-3,21-22H,1H3,(H2,14,19)(H,15,20). The predicted molar refractivity (Wildman–Crippen MR) is 82.6 cm³/mol. The Hall–Kier alpha value is -1.68. The summed E-state index contributed by atoms with van der Waals surface area (Å²) in [4.78, 5) is 36.1. The van der Waals surface area contributed by atoms with Crippen molar-refractivity contribution >= 4 is 59.7 Å². The lowest BCUT2D eigenvalue weighted by molar-refractivity contribution is -0.161. The lowest BCUT2D eigenvalue weighted by atomic mass is 9.96. The summed E-state index contributed by atoms with van der Waals surface area (Å²) in [5, 5.41) is 13.4. The van der Waals surface area contributed by atoms with E-state index in [2.05, 4.69) is 18.1 Å². The fourth-order valence-electron chi connectivity index (χ4n) is 1.97. The molecule has 1 aromatic carbocycles. The van der Waals surface area contributed by atoms with Crippen molar-refractivity contribution in [2.24, 2.45) is 5.73 Å². The second-order valence-corrected chi connectivity index (χ2v) is 5.64. The number of halogens is 2. The van der Waals surface area contributed by atoms with Crippen LogP contribution in [0, 0.1) is 0 Å². The molecule has 2 rings (SSSR count). The number of hydrogen-bond acceptors (Lipinski definition) is 5. The Bertz CT molecular complexity index is 701. The van der Waals surface area contributed by atoms with E-state index in [1.807, 2.05) is 0 Å². The molecule has 8 nitrogen and oxygen atoms in total. The van der Waals surface area contributed by atoms with Gasteiger partial charge in [-0.05, 0) is 12.1 Å². The van der Waals surface area contributed by atoms with Gasteiger partial charge in [0.25, 0.3) is 11.6 Å². The van der Waals surface area contributed by atoms with Crippen molar-refractivity contribution in [3.63, 3.8) is 0 Å². The molecule has 1 unspecified atom stereocenters. The zero-order valence-electron chi connectivity index (χ0n) is 11.0. The molecule has 1 aromatic rings. The lowest BCUT2D eigenvalue weighted by Crippen LogP contribution is -2.61. The molecule has 0 aromatic heterocycles. The molecular formula is C11H10Cl2N4O4S. The van der Waals surface area contributed by atoms with E-state index in [1.165, 1.54) is 12.1 Å².